The molecule has 1 aliphatic rings. The molecule has 1 rings (SSSR count). The van der Waals surface area contributed by atoms with Crippen molar-refractivity contribution in [2.45, 2.75) is 18.2 Å². The smallest absolute Gasteiger partial charge is 0.102 e. The van der Waals surface area contributed by atoms with E-state index in [9.17, 15) is 5.11 Å². The third-order valence-corrected chi connectivity index (χ3v) is 2.30. The van der Waals surface area contributed by atoms with Crippen molar-refractivity contribution in [2.75, 3.05) is 13.7 Å². The molecular weight excluding hydrogens is 172 g/mol. The highest BCUT2D eigenvalue weighted by atomic mass is 16.6. The monoisotopic (exact) mass is 188 g/mol. The molecule has 0 aromatic rings. The van der Waals surface area contributed by atoms with Crippen molar-refractivity contribution in [1.29, 1.82) is 0 Å². The zero-order valence-corrected chi connectivity index (χ0v) is 7.59. The Hall–Kier alpha value is -0.460. The molecule has 1 unspecified atom stereocenters. The Morgan fingerprint density at radius 2 is 2.15 bits per heavy atom. The van der Waals surface area contributed by atoms with Gasteiger partial charge in [-0.25, -0.2) is 5.90 Å². The number of nitrogens with two attached hydrogens (primary N) is 2. The summed E-state index contributed by atoms with van der Waals surface area (Å²) in [7, 11) is 1.52. The molecule has 0 radical (unpaired) electrons. The average molecular weight is 188 g/mol. The van der Waals surface area contributed by atoms with Crippen LogP contribution in [0, 0.1) is 5.92 Å². The van der Waals surface area contributed by atoms with Crippen molar-refractivity contribution in [3.8, 4) is 0 Å². The van der Waals surface area contributed by atoms with Gasteiger partial charge in [-0.05, 0) is 0 Å². The second kappa shape index (κ2) is 4.69. The fourth-order valence-electron chi connectivity index (χ4n) is 1.53. The molecule has 1 aliphatic carbocycles. The first-order chi connectivity index (χ1) is 6.20. The van der Waals surface area contributed by atoms with E-state index in [2.05, 4.69) is 4.84 Å². The van der Waals surface area contributed by atoms with Gasteiger partial charge in [0.2, 0.25) is 0 Å². The Kier molecular flexibility index (Phi) is 3.83. The molecule has 0 spiro atoms. The summed E-state index contributed by atoms with van der Waals surface area (Å²) in [6.07, 6.45) is 2.56. The van der Waals surface area contributed by atoms with Gasteiger partial charge in [-0.3, -0.25) is 0 Å². The van der Waals surface area contributed by atoms with E-state index >= 15 is 0 Å². The van der Waals surface area contributed by atoms with E-state index in [4.69, 9.17) is 16.4 Å². The van der Waals surface area contributed by atoms with Gasteiger partial charge in [-0.1, -0.05) is 12.2 Å². The van der Waals surface area contributed by atoms with Gasteiger partial charge in [0.25, 0.3) is 0 Å². The first-order valence-corrected chi connectivity index (χ1v) is 4.17. The minimum absolute atomic E-state index is 0.144. The van der Waals surface area contributed by atoms with E-state index in [1.807, 2.05) is 0 Å². The van der Waals surface area contributed by atoms with Crippen LogP contribution in [-0.2, 0) is 9.57 Å². The largest absolute Gasteiger partial charge is 0.390 e. The summed E-state index contributed by atoms with van der Waals surface area (Å²) in [6, 6.07) is -0.269. The molecule has 0 fully saturated rings. The van der Waals surface area contributed by atoms with Gasteiger partial charge in [-0.15, -0.1) is 0 Å². The quantitative estimate of drug-likeness (QED) is 0.381. The molecule has 13 heavy (non-hydrogen) atoms. The van der Waals surface area contributed by atoms with Gasteiger partial charge < -0.3 is 20.4 Å². The number of rotatable bonds is 3. The van der Waals surface area contributed by atoms with Crippen LogP contribution in [-0.4, -0.2) is 37.1 Å². The summed E-state index contributed by atoms with van der Waals surface area (Å²) in [5.41, 5.74) is 5.69. The van der Waals surface area contributed by atoms with Gasteiger partial charge in [-0.2, -0.15) is 0 Å². The molecular formula is C8H16N2O3. The second-order valence-corrected chi connectivity index (χ2v) is 3.15. The third-order valence-electron chi connectivity index (χ3n) is 2.30. The van der Waals surface area contributed by atoms with Gasteiger partial charge in [0.1, 0.15) is 6.10 Å². The number of ether oxygens (including phenoxy) is 1. The van der Waals surface area contributed by atoms with Crippen molar-refractivity contribution < 1.29 is 14.7 Å². The maximum atomic E-state index is 9.74. The van der Waals surface area contributed by atoms with Gasteiger partial charge in [0.15, 0.2) is 0 Å². The Morgan fingerprint density at radius 1 is 1.46 bits per heavy atom. The first kappa shape index (κ1) is 10.6. The molecule has 0 amide bonds. The average Bonchev–Trinajstić information content (AvgIpc) is 2.11. The molecule has 0 heterocycles. The lowest BCUT2D eigenvalue weighted by Gasteiger charge is -2.33. The first-order valence-electron chi connectivity index (χ1n) is 4.17. The van der Waals surface area contributed by atoms with Crippen LogP contribution in [0.4, 0.5) is 0 Å². The summed E-state index contributed by atoms with van der Waals surface area (Å²) in [6.45, 7) is 0.268. The number of aliphatic hydroxyl groups excluding tert-OH is 1. The molecule has 4 atom stereocenters. The van der Waals surface area contributed by atoms with Gasteiger partial charge in [0.05, 0.1) is 18.8 Å². The third kappa shape index (κ3) is 2.26. The maximum Gasteiger partial charge on any atom is 0.102 e. The van der Waals surface area contributed by atoms with Crippen LogP contribution in [0.15, 0.2) is 12.2 Å². The Balaban J connectivity index is 2.65. The van der Waals surface area contributed by atoms with Crippen LogP contribution in [0.25, 0.3) is 0 Å². The van der Waals surface area contributed by atoms with Gasteiger partial charge in [0, 0.05) is 13.0 Å². The Bertz CT molecular complexity index is 186. The van der Waals surface area contributed by atoms with Crippen LogP contribution in [0.1, 0.15) is 0 Å². The van der Waals surface area contributed by atoms with E-state index in [1.165, 1.54) is 7.11 Å². The predicted octanol–water partition coefficient (Wildman–Crippen LogP) is -1.23. The molecule has 5 heteroatoms. The van der Waals surface area contributed by atoms with Crippen LogP contribution in [0.5, 0.6) is 0 Å². The Morgan fingerprint density at radius 3 is 2.69 bits per heavy atom. The molecule has 0 aromatic carbocycles. The molecule has 0 saturated heterocycles. The summed E-state index contributed by atoms with van der Waals surface area (Å²) in [4.78, 5) is 4.47. The minimum atomic E-state index is -0.659. The van der Waals surface area contributed by atoms with Crippen molar-refractivity contribution in [3.05, 3.63) is 12.2 Å². The van der Waals surface area contributed by atoms with Gasteiger partial charge >= 0.3 is 0 Å². The Labute approximate surface area is 77.3 Å². The van der Waals surface area contributed by atoms with Crippen molar-refractivity contribution in [3.63, 3.8) is 0 Å². The van der Waals surface area contributed by atoms with Crippen molar-refractivity contribution >= 4 is 0 Å². The fourth-order valence-corrected chi connectivity index (χ4v) is 1.53. The van der Waals surface area contributed by atoms with Crippen LogP contribution >= 0.6 is 0 Å². The molecule has 0 aliphatic heterocycles. The predicted molar refractivity (Wildman–Crippen MR) is 47.5 cm³/mol. The zero-order valence-electron chi connectivity index (χ0n) is 7.59. The lowest BCUT2D eigenvalue weighted by molar-refractivity contribution is -0.0602. The highest BCUT2D eigenvalue weighted by molar-refractivity contribution is 5.09. The summed E-state index contributed by atoms with van der Waals surface area (Å²) in [5.74, 6) is 4.78. The highest BCUT2D eigenvalue weighted by Gasteiger charge is 2.33. The van der Waals surface area contributed by atoms with E-state index in [0.717, 1.165) is 0 Å². The standard InChI is InChI=1S/C8H16N2O3/c1-12-8-6(9)3-2-5(4-13-10)7(8)11/h2-3,5-8,11H,4,9-10H2,1H3/t5-,6-,7?,8+/m1/s1. The normalized spacial score (nSPS) is 39.4. The topological polar surface area (TPSA) is 90.7 Å². The lowest BCUT2D eigenvalue weighted by atomic mass is 9.88. The molecule has 5 nitrogen and oxygen atoms in total. The number of methoxy groups -OCH3 is 1. The van der Waals surface area contributed by atoms with E-state index in [1.54, 1.807) is 12.2 Å². The SMILES string of the molecule is CO[C@@H]1C(O)[C@@H](CON)C=C[C@H]1N. The lowest BCUT2D eigenvalue weighted by Crippen LogP contribution is -2.50. The highest BCUT2D eigenvalue weighted by Crippen LogP contribution is 2.20. The molecule has 5 N–H and O–H groups in total. The molecule has 0 aromatic heterocycles. The molecule has 0 bridgehead atoms. The zero-order chi connectivity index (χ0) is 9.84. The fraction of sp³-hybridized carbons (Fsp3) is 0.750. The second-order valence-electron chi connectivity index (χ2n) is 3.15. The van der Waals surface area contributed by atoms with Crippen molar-refractivity contribution in [2.24, 2.45) is 17.5 Å². The number of hydrogen-bond donors (Lipinski definition) is 3. The molecule has 76 valence electrons. The maximum absolute atomic E-state index is 9.74. The van der Waals surface area contributed by atoms with Crippen LogP contribution in [0.2, 0.25) is 0 Å². The summed E-state index contributed by atoms with van der Waals surface area (Å²) in [5, 5.41) is 9.74. The number of aliphatic hydroxyl groups is 1. The van der Waals surface area contributed by atoms with E-state index < -0.39 is 6.10 Å². The molecule has 0 saturated carbocycles. The summed E-state index contributed by atoms with van der Waals surface area (Å²) >= 11 is 0. The number of hydrogen-bond acceptors (Lipinski definition) is 5. The van der Waals surface area contributed by atoms with E-state index in [-0.39, 0.29) is 24.7 Å². The van der Waals surface area contributed by atoms with Crippen LogP contribution in [0.3, 0.4) is 0 Å². The van der Waals surface area contributed by atoms with E-state index in [0.29, 0.717) is 0 Å². The minimum Gasteiger partial charge on any atom is -0.390 e. The van der Waals surface area contributed by atoms with Crippen molar-refractivity contribution in [1.82, 2.24) is 0 Å². The summed E-state index contributed by atoms with van der Waals surface area (Å²) < 4.78 is 5.07. The van der Waals surface area contributed by atoms with Crippen LogP contribution < -0.4 is 11.6 Å².